The summed E-state index contributed by atoms with van der Waals surface area (Å²) in [7, 11) is -4.18. The topological polar surface area (TPSA) is 183 Å². The molecule has 0 fully saturated rings. The molecule has 0 aromatic rings. The molecule has 1 unspecified atom stereocenters. The Hall–Kier alpha value is -1.52. The lowest BCUT2D eigenvalue weighted by molar-refractivity contribution is -0.128. The summed E-state index contributed by atoms with van der Waals surface area (Å²) in [6, 6.07) is -1.83. The van der Waals surface area contributed by atoms with Crippen molar-refractivity contribution >= 4 is 25.5 Å². The van der Waals surface area contributed by atoms with Crippen LogP contribution in [0.5, 0.6) is 0 Å². The average molecular weight is 565 g/mol. The molecule has 0 aliphatic rings. The Labute approximate surface area is 229 Å². The molecular formula is C26H53N4O7P. The molecular weight excluding hydrogens is 511 g/mol. The Bertz CT molecular complexity index is 695. The first-order chi connectivity index (χ1) is 18.1. The molecule has 11 nitrogen and oxygen atoms in total. The minimum absolute atomic E-state index is 0.00127. The number of unbranched alkanes of at least 4 members (excludes halogenated alkanes) is 13. The Balaban J connectivity index is 3.71. The van der Waals surface area contributed by atoms with Gasteiger partial charge in [-0.1, -0.05) is 90.4 Å². The molecule has 0 aliphatic carbocycles. The molecule has 7 N–H and O–H groups in total. The van der Waals surface area contributed by atoms with Crippen LogP contribution in [-0.4, -0.2) is 54.5 Å². The van der Waals surface area contributed by atoms with E-state index in [0.29, 0.717) is 6.42 Å². The van der Waals surface area contributed by atoms with E-state index >= 15 is 0 Å². The van der Waals surface area contributed by atoms with Crippen molar-refractivity contribution in [3.05, 3.63) is 0 Å². The van der Waals surface area contributed by atoms with Gasteiger partial charge in [0.15, 0.2) is 0 Å². The largest absolute Gasteiger partial charge is 0.472 e. The lowest BCUT2D eigenvalue weighted by Gasteiger charge is -2.17. The predicted molar refractivity (Wildman–Crippen MR) is 149 cm³/mol. The van der Waals surface area contributed by atoms with Crippen LogP contribution >= 0.6 is 7.82 Å². The summed E-state index contributed by atoms with van der Waals surface area (Å²) in [5.41, 5.74) is 10.7. The van der Waals surface area contributed by atoms with E-state index in [1.54, 1.807) is 0 Å². The zero-order chi connectivity index (χ0) is 28.7. The van der Waals surface area contributed by atoms with E-state index in [4.69, 9.17) is 20.5 Å². The molecule has 0 radical (unpaired) electrons. The van der Waals surface area contributed by atoms with Gasteiger partial charge in [-0.2, -0.15) is 0 Å². The van der Waals surface area contributed by atoms with E-state index in [1.807, 2.05) is 0 Å². The quantitative estimate of drug-likeness (QED) is 0.0776. The third-order valence-electron chi connectivity index (χ3n) is 6.16. The van der Waals surface area contributed by atoms with Crippen LogP contribution in [0.15, 0.2) is 0 Å². The first-order valence-corrected chi connectivity index (χ1v) is 15.8. The fourth-order valence-corrected chi connectivity index (χ4v) is 4.57. The van der Waals surface area contributed by atoms with Gasteiger partial charge in [0.05, 0.1) is 19.3 Å². The van der Waals surface area contributed by atoms with E-state index in [0.717, 1.165) is 12.8 Å². The SMILES string of the molecule is CCCCCCCCCCCCCCCCOP(=O)(O)OCCNC(=O)CC[C@@H](NC(=O)[C@H](C)N)C(N)=O. The van der Waals surface area contributed by atoms with Crippen molar-refractivity contribution in [2.75, 3.05) is 19.8 Å². The number of nitrogens with one attached hydrogen (secondary N) is 2. The number of carbonyl (C=O) groups excluding carboxylic acids is 3. The second-order valence-corrected chi connectivity index (χ2v) is 11.3. The number of hydrogen-bond donors (Lipinski definition) is 5. The maximum Gasteiger partial charge on any atom is 0.472 e. The molecule has 0 spiro atoms. The number of hydrogen-bond acceptors (Lipinski definition) is 7. The van der Waals surface area contributed by atoms with Crippen molar-refractivity contribution in [1.29, 1.82) is 0 Å². The molecule has 3 atom stereocenters. The van der Waals surface area contributed by atoms with Crippen LogP contribution in [0, 0.1) is 0 Å². The Morgan fingerprint density at radius 1 is 0.842 bits per heavy atom. The van der Waals surface area contributed by atoms with Gasteiger partial charge in [-0.15, -0.1) is 0 Å². The molecule has 0 heterocycles. The lowest BCUT2D eigenvalue weighted by Crippen LogP contribution is -2.49. The van der Waals surface area contributed by atoms with Gasteiger partial charge in [-0.05, 0) is 19.8 Å². The van der Waals surface area contributed by atoms with Gasteiger partial charge in [-0.3, -0.25) is 23.4 Å². The summed E-state index contributed by atoms with van der Waals surface area (Å²) in [5.74, 6) is -1.74. The molecule has 224 valence electrons. The minimum atomic E-state index is -4.18. The highest BCUT2D eigenvalue weighted by Gasteiger charge is 2.22. The molecule has 38 heavy (non-hydrogen) atoms. The van der Waals surface area contributed by atoms with Crippen molar-refractivity contribution in [2.24, 2.45) is 11.5 Å². The zero-order valence-corrected chi connectivity index (χ0v) is 24.5. The molecule has 3 amide bonds. The number of phosphoric ester groups is 1. The van der Waals surface area contributed by atoms with Gasteiger partial charge in [0.25, 0.3) is 0 Å². The number of rotatable bonds is 26. The van der Waals surface area contributed by atoms with Crippen molar-refractivity contribution < 1.29 is 32.9 Å². The first-order valence-electron chi connectivity index (χ1n) is 14.3. The third-order valence-corrected chi connectivity index (χ3v) is 7.18. The van der Waals surface area contributed by atoms with Crippen molar-refractivity contribution in [2.45, 2.75) is 129 Å². The number of amides is 3. The van der Waals surface area contributed by atoms with E-state index < -0.39 is 37.6 Å². The highest BCUT2D eigenvalue weighted by molar-refractivity contribution is 7.47. The fourth-order valence-electron chi connectivity index (χ4n) is 3.82. The molecule has 0 rings (SSSR count). The van der Waals surface area contributed by atoms with Crippen LogP contribution in [-0.2, 0) is 28.0 Å². The summed E-state index contributed by atoms with van der Waals surface area (Å²) in [4.78, 5) is 44.7. The summed E-state index contributed by atoms with van der Waals surface area (Å²) >= 11 is 0. The van der Waals surface area contributed by atoms with E-state index in [2.05, 4.69) is 17.6 Å². The second-order valence-electron chi connectivity index (χ2n) is 9.87. The summed E-state index contributed by atoms with van der Waals surface area (Å²) in [6.45, 7) is 3.62. The van der Waals surface area contributed by atoms with E-state index in [1.165, 1.54) is 77.6 Å². The maximum atomic E-state index is 11.9. The predicted octanol–water partition coefficient (Wildman–Crippen LogP) is 3.82. The molecule has 0 aromatic carbocycles. The molecule has 0 aliphatic heterocycles. The minimum Gasteiger partial charge on any atom is -0.368 e. The number of phosphoric acid groups is 1. The van der Waals surface area contributed by atoms with E-state index in [9.17, 15) is 23.8 Å². The van der Waals surface area contributed by atoms with Crippen LogP contribution in [0.4, 0.5) is 0 Å². The van der Waals surface area contributed by atoms with Gasteiger partial charge in [-0.25, -0.2) is 4.57 Å². The normalized spacial score (nSPS) is 14.4. The van der Waals surface area contributed by atoms with Crippen LogP contribution < -0.4 is 22.1 Å². The van der Waals surface area contributed by atoms with E-state index in [-0.39, 0.29) is 32.6 Å². The number of carbonyl (C=O) groups is 3. The standard InChI is InChI=1S/C26H53N4O7P/c1-3-4-5-6-7-8-9-10-11-12-13-14-15-16-20-36-38(34,35)37-21-19-29-24(31)18-17-23(25(28)32)30-26(33)22(2)27/h22-23H,3-21,27H2,1-2H3,(H2,28,32)(H,29,31)(H,30,33)(H,34,35)/t22-,23+/m0/s1. The molecule has 0 saturated heterocycles. The zero-order valence-electron chi connectivity index (χ0n) is 23.6. The van der Waals surface area contributed by atoms with Crippen molar-refractivity contribution in [3.63, 3.8) is 0 Å². The first kappa shape index (κ1) is 36.5. The lowest BCUT2D eigenvalue weighted by atomic mass is 10.0. The summed E-state index contributed by atoms with van der Waals surface area (Å²) in [5, 5.41) is 4.89. The smallest absolute Gasteiger partial charge is 0.368 e. The monoisotopic (exact) mass is 564 g/mol. The number of primary amides is 1. The van der Waals surface area contributed by atoms with Crippen LogP contribution in [0.25, 0.3) is 0 Å². The maximum absolute atomic E-state index is 11.9. The van der Waals surface area contributed by atoms with Gasteiger partial charge in [0, 0.05) is 13.0 Å². The molecule has 0 aromatic heterocycles. The number of nitrogens with two attached hydrogens (primary N) is 2. The van der Waals surface area contributed by atoms with Crippen molar-refractivity contribution in [3.8, 4) is 0 Å². The summed E-state index contributed by atoms with van der Waals surface area (Å²) in [6.07, 6.45) is 17.0. The molecule has 0 bridgehead atoms. The highest BCUT2D eigenvalue weighted by atomic mass is 31.2. The van der Waals surface area contributed by atoms with Gasteiger partial charge in [0.1, 0.15) is 6.04 Å². The third kappa shape index (κ3) is 22.5. The van der Waals surface area contributed by atoms with Crippen molar-refractivity contribution in [1.82, 2.24) is 10.6 Å². The summed E-state index contributed by atoms with van der Waals surface area (Å²) < 4.78 is 21.8. The Morgan fingerprint density at radius 2 is 1.32 bits per heavy atom. The van der Waals surface area contributed by atoms with Crippen LogP contribution in [0.3, 0.4) is 0 Å². The van der Waals surface area contributed by atoms with Gasteiger partial charge < -0.3 is 27.0 Å². The van der Waals surface area contributed by atoms with Gasteiger partial charge >= 0.3 is 7.82 Å². The second kappa shape index (κ2) is 23.4. The highest BCUT2D eigenvalue weighted by Crippen LogP contribution is 2.43. The fraction of sp³-hybridized carbons (Fsp3) is 0.885. The molecule has 12 heteroatoms. The average Bonchev–Trinajstić information content (AvgIpc) is 2.86. The Morgan fingerprint density at radius 3 is 1.79 bits per heavy atom. The molecule has 0 saturated carbocycles. The van der Waals surface area contributed by atoms with Crippen LogP contribution in [0.1, 0.15) is 117 Å². The Kier molecular flexibility index (Phi) is 22.4. The van der Waals surface area contributed by atoms with Crippen LogP contribution in [0.2, 0.25) is 0 Å². The van der Waals surface area contributed by atoms with Gasteiger partial charge in [0.2, 0.25) is 17.7 Å².